The van der Waals surface area contributed by atoms with Crippen LogP contribution in [0.25, 0.3) is 0 Å². The molecule has 0 fully saturated rings. The Morgan fingerprint density at radius 1 is 1.00 bits per heavy atom. The highest BCUT2D eigenvalue weighted by Gasteiger charge is 2.25. The molecule has 0 aromatic rings. The van der Waals surface area contributed by atoms with Crippen molar-refractivity contribution in [2.75, 3.05) is 26.2 Å². The van der Waals surface area contributed by atoms with Crippen LogP contribution in [0.4, 0.5) is 0 Å². The Labute approximate surface area is 103 Å². The van der Waals surface area contributed by atoms with Gasteiger partial charge in [0, 0.05) is 12.6 Å². The van der Waals surface area contributed by atoms with Gasteiger partial charge in [0.15, 0.2) is 0 Å². The average molecular weight is 228 g/mol. The van der Waals surface area contributed by atoms with Gasteiger partial charge in [-0.05, 0) is 37.9 Å². The molecule has 0 aromatic carbocycles. The average Bonchev–Trinajstić information content (AvgIpc) is 2.16. The van der Waals surface area contributed by atoms with Crippen LogP contribution in [-0.4, -0.2) is 37.1 Å². The zero-order chi connectivity index (χ0) is 12.6. The molecule has 2 nitrogen and oxygen atoms in total. The first-order valence-corrected chi connectivity index (χ1v) is 6.91. The van der Waals surface area contributed by atoms with Gasteiger partial charge in [-0.2, -0.15) is 0 Å². The highest BCUT2D eigenvalue weighted by atomic mass is 15.1. The highest BCUT2D eigenvalue weighted by molar-refractivity contribution is 4.83. The summed E-state index contributed by atoms with van der Waals surface area (Å²) in [6, 6.07) is 0.593. The molecule has 1 atom stereocenters. The highest BCUT2D eigenvalue weighted by Crippen LogP contribution is 2.20. The van der Waals surface area contributed by atoms with Crippen LogP contribution in [0, 0.1) is 5.41 Å². The van der Waals surface area contributed by atoms with E-state index in [2.05, 4.69) is 51.8 Å². The molecule has 0 heterocycles. The Hall–Kier alpha value is -0.0800. The number of hydrogen-bond donors (Lipinski definition) is 1. The van der Waals surface area contributed by atoms with Crippen LogP contribution in [0.3, 0.4) is 0 Å². The summed E-state index contributed by atoms with van der Waals surface area (Å²) in [6.07, 6.45) is 2.51. The van der Waals surface area contributed by atoms with Crippen LogP contribution >= 0.6 is 0 Å². The van der Waals surface area contributed by atoms with E-state index in [0.29, 0.717) is 11.5 Å². The van der Waals surface area contributed by atoms with E-state index in [4.69, 9.17) is 0 Å². The molecule has 98 valence electrons. The molecule has 2 heteroatoms. The molecule has 0 amide bonds. The van der Waals surface area contributed by atoms with E-state index in [9.17, 15) is 0 Å². The molecule has 1 unspecified atom stereocenters. The SMILES string of the molecule is CCCN(CCC)CC(NCC)C(C)(C)C. The smallest absolute Gasteiger partial charge is 0.0243 e. The maximum atomic E-state index is 3.63. The van der Waals surface area contributed by atoms with E-state index >= 15 is 0 Å². The Morgan fingerprint density at radius 2 is 1.50 bits per heavy atom. The van der Waals surface area contributed by atoms with Crippen LogP contribution in [0.2, 0.25) is 0 Å². The summed E-state index contributed by atoms with van der Waals surface area (Å²) in [4.78, 5) is 2.60. The summed E-state index contributed by atoms with van der Waals surface area (Å²) in [7, 11) is 0. The molecule has 0 radical (unpaired) electrons. The van der Waals surface area contributed by atoms with E-state index in [1.807, 2.05) is 0 Å². The second kappa shape index (κ2) is 8.08. The summed E-state index contributed by atoms with van der Waals surface area (Å²) >= 11 is 0. The van der Waals surface area contributed by atoms with Gasteiger partial charge in [0.2, 0.25) is 0 Å². The number of hydrogen-bond acceptors (Lipinski definition) is 2. The minimum absolute atomic E-state index is 0.343. The fourth-order valence-corrected chi connectivity index (χ4v) is 2.08. The lowest BCUT2D eigenvalue weighted by Gasteiger charge is -2.36. The van der Waals surface area contributed by atoms with E-state index in [0.717, 1.165) is 6.54 Å². The molecule has 0 rings (SSSR count). The molecule has 0 saturated heterocycles. The molecule has 1 N–H and O–H groups in total. The second-order valence-corrected chi connectivity index (χ2v) is 5.78. The Bertz CT molecular complexity index is 155. The maximum Gasteiger partial charge on any atom is 0.0243 e. The minimum Gasteiger partial charge on any atom is -0.312 e. The predicted molar refractivity (Wildman–Crippen MR) is 73.9 cm³/mol. The monoisotopic (exact) mass is 228 g/mol. The number of nitrogens with one attached hydrogen (secondary N) is 1. The van der Waals surface area contributed by atoms with Gasteiger partial charge in [-0.1, -0.05) is 41.5 Å². The normalized spacial score (nSPS) is 14.4. The van der Waals surface area contributed by atoms with Crippen molar-refractivity contribution in [1.29, 1.82) is 0 Å². The first kappa shape index (κ1) is 15.9. The molecule has 16 heavy (non-hydrogen) atoms. The van der Waals surface area contributed by atoms with Gasteiger partial charge in [0.05, 0.1) is 0 Å². The third-order valence-electron chi connectivity index (χ3n) is 3.02. The summed E-state index contributed by atoms with van der Waals surface area (Å²) in [5.74, 6) is 0. The molecule has 0 saturated carbocycles. The van der Waals surface area contributed by atoms with Crippen LogP contribution < -0.4 is 5.32 Å². The molecule has 0 aliphatic rings. The summed E-state index contributed by atoms with van der Waals surface area (Å²) in [5.41, 5.74) is 0.343. The topological polar surface area (TPSA) is 15.3 Å². The third kappa shape index (κ3) is 6.49. The van der Waals surface area contributed by atoms with Crippen molar-refractivity contribution in [1.82, 2.24) is 10.2 Å². The number of likely N-dealkylation sites (N-methyl/N-ethyl adjacent to an activating group) is 1. The van der Waals surface area contributed by atoms with Crippen molar-refractivity contribution in [3.05, 3.63) is 0 Å². The lowest BCUT2D eigenvalue weighted by atomic mass is 9.86. The molecule has 0 bridgehead atoms. The van der Waals surface area contributed by atoms with Gasteiger partial charge >= 0.3 is 0 Å². The standard InChI is InChI=1S/C14H32N2/c1-7-10-16(11-8-2)12-13(15-9-3)14(4,5)6/h13,15H,7-12H2,1-6H3. The molecular weight excluding hydrogens is 196 g/mol. The van der Waals surface area contributed by atoms with Crippen molar-refractivity contribution < 1.29 is 0 Å². The molecule has 0 spiro atoms. The Morgan fingerprint density at radius 3 is 1.81 bits per heavy atom. The molecule has 0 aromatic heterocycles. The van der Waals surface area contributed by atoms with Gasteiger partial charge < -0.3 is 10.2 Å². The van der Waals surface area contributed by atoms with Gasteiger partial charge in [0.25, 0.3) is 0 Å². The quantitative estimate of drug-likeness (QED) is 0.686. The van der Waals surface area contributed by atoms with Gasteiger partial charge in [-0.25, -0.2) is 0 Å². The predicted octanol–water partition coefficient (Wildman–Crippen LogP) is 3.13. The fourth-order valence-electron chi connectivity index (χ4n) is 2.08. The third-order valence-corrected chi connectivity index (χ3v) is 3.02. The van der Waals surface area contributed by atoms with E-state index in [-0.39, 0.29) is 0 Å². The van der Waals surface area contributed by atoms with Crippen LogP contribution in [-0.2, 0) is 0 Å². The summed E-state index contributed by atoms with van der Waals surface area (Å²) in [6.45, 7) is 18.4. The van der Waals surface area contributed by atoms with Crippen molar-refractivity contribution in [3.63, 3.8) is 0 Å². The largest absolute Gasteiger partial charge is 0.312 e. The zero-order valence-corrected chi connectivity index (χ0v) is 12.3. The first-order valence-electron chi connectivity index (χ1n) is 6.91. The Kier molecular flexibility index (Phi) is 8.04. The van der Waals surface area contributed by atoms with E-state index < -0.39 is 0 Å². The van der Waals surface area contributed by atoms with Crippen LogP contribution in [0.15, 0.2) is 0 Å². The fraction of sp³-hybridized carbons (Fsp3) is 1.00. The Balaban J connectivity index is 4.32. The van der Waals surface area contributed by atoms with Crippen LogP contribution in [0.5, 0.6) is 0 Å². The van der Waals surface area contributed by atoms with Crippen LogP contribution in [0.1, 0.15) is 54.4 Å². The zero-order valence-electron chi connectivity index (χ0n) is 12.3. The maximum absolute atomic E-state index is 3.63. The van der Waals surface area contributed by atoms with Gasteiger partial charge in [-0.3, -0.25) is 0 Å². The lowest BCUT2D eigenvalue weighted by Crippen LogP contribution is -2.48. The number of nitrogens with zero attached hydrogens (tertiary/aromatic N) is 1. The van der Waals surface area contributed by atoms with Gasteiger partial charge in [0.1, 0.15) is 0 Å². The molecule has 0 aliphatic heterocycles. The molecule has 0 aliphatic carbocycles. The summed E-state index contributed by atoms with van der Waals surface area (Å²) < 4.78 is 0. The van der Waals surface area contributed by atoms with Gasteiger partial charge in [-0.15, -0.1) is 0 Å². The lowest BCUT2D eigenvalue weighted by molar-refractivity contribution is 0.174. The summed E-state index contributed by atoms with van der Waals surface area (Å²) in [5, 5.41) is 3.63. The number of rotatable bonds is 8. The minimum atomic E-state index is 0.343. The molecular formula is C14H32N2. The first-order chi connectivity index (χ1) is 7.45. The van der Waals surface area contributed by atoms with Crippen molar-refractivity contribution in [2.45, 2.75) is 60.4 Å². The van der Waals surface area contributed by atoms with Crippen molar-refractivity contribution >= 4 is 0 Å². The van der Waals surface area contributed by atoms with E-state index in [1.54, 1.807) is 0 Å². The second-order valence-electron chi connectivity index (χ2n) is 5.78. The van der Waals surface area contributed by atoms with Crippen molar-refractivity contribution in [2.24, 2.45) is 5.41 Å². The van der Waals surface area contributed by atoms with Crippen molar-refractivity contribution in [3.8, 4) is 0 Å². The van der Waals surface area contributed by atoms with E-state index in [1.165, 1.54) is 32.5 Å².